The Morgan fingerprint density at radius 3 is 1.87 bits per heavy atom. The summed E-state index contributed by atoms with van der Waals surface area (Å²) in [5, 5.41) is 8.37. The summed E-state index contributed by atoms with van der Waals surface area (Å²) in [6.45, 7) is 0. The Balaban J connectivity index is 1.62. The minimum Gasteiger partial charge on any atom is -0.0843 e. The fraction of sp³-hybridized carbons (Fsp3) is 0. The van der Waals surface area contributed by atoms with Crippen molar-refractivity contribution in [1.82, 2.24) is 0 Å². The molecule has 0 bridgehead atoms. The number of hydrogen-bond donors (Lipinski definition) is 0. The molecule has 0 radical (unpaired) electrons. The standard InChI is InChI=1S/C30H19Cl/c31-26-14-11-21(12-15-26)23-13-16-27-25(18-23)19-30(29-8-4-3-7-28(27)29)24-10-9-20-5-1-2-6-22(20)17-24/h1-19H. The molecule has 0 aliphatic carbocycles. The quantitative estimate of drug-likeness (QED) is 0.248. The third-order valence-corrected chi connectivity index (χ3v) is 6.35. The van der Waals surface area contributed by atoms with Gasteiger partial charge < -0.3 is 0 Å². The van der Waals surface area contributed by atoms with Crippen LogP contribution in [-0.4, -0.2) is 0 Å². The van der Waals surface area contributed by atoms with Gasteiger partial charge in [-0.1, -0.05) is 96.5 Å². The average molecular weight is 415 g/mol. The zero-order valence-electron chi connectivity index (χ0n) is 16.8. The van der Waals surface area contributed by atoms with E-state index in [0.29, 0.717) is 0 Å². The van der Waals surface area contributed by atoms with E-state index >= 15 is 0 Å². The Morgan fingerprint density at radius 2 is 1.03 bits per heavy atom. The SMILES string of the molecule is Clc1ccc(-c2ccc3c(c2)cc(-c2ccc4ccccc4c2)c2ccccc23)cc1. The number of rotatable bonds is 2. The highest BCUT2D eigenvalue weighted by Crippen LogP contribution is 2.37. The van der Waals surface area contributed by atoms with Gasteiger partial charge >= 0.3 is 0 Å². The maximum atomic E-state index is 6.09. The highest BCUT2D eigenvalue weighted by molar-refractivity contribution is 6.30. The summed E-state index contributed by atoms with van der Waals surface area (Å²) >= 11 is 6.09. The van der Waals surface area contributed by atoms with Crippen LogP contribution in [0, 0.1) is 0 Å². The van der Waals surface area contributed by atoms with E-state index in [1.54, 1.807) is 0 Å². The van der Waals surface area contributed by atoms with E-state index in [-0.39, 0.29) is 0 Å². The molecule has 0 aliphatic rings. The summed E-state index contributed by atoms with van der Waals surface area (Å²) in [4.78, 5) is 0. The van der Waals surface area contributed by atoms with Crippen molar-refractivity contribution in [2.45, 2.75) is 0 Å². The first-order valence-electron chi connectivity index (χ1n) is 10.5. The van der Waals surface area contributed by atoms with Crippen molar-refractivity contribution in [3.8, 4) is 22.3 Å². The van der Waals surface area contributed by atoms with Crippen molar-refractivity contribution in [1.29, 1.82) is 0 Å². The van der Waals surface area contributed by atoms with Gasteiger partial charge in [0.1, 0.15) is 0 Å². The van der Waals surface area contributed by atoms with Crippen LogP contribution in [0.4, 0.5) is 0 Å². The van der Waals surface area contributed by atoms with Gasteiger partial charge in [0, 0.05) is 5.02 Å². The van der Waals surface area contributed by atoms with Gasteiger partial charge in [-0.2, -0.15) is 0 Å². The van der Waals surface area contributed by atoms with Crippen LogP contribution < -0.4 is 0 Å². The minimum absolute atomic E-state index is 0.758. The lowest BCUT2D eigenvalue weighted by Crippen LogP contribution is -1.86. The average Bonchev–Trinajstić information content (AvgIpc) is 2.83. The van der Waals surface area contributed by atoms with Crippen LogP contribution in [-0.2, 0) is 0 Å². The van der Waals surface area contributed by atoms with Crippen LogP contribution in [0.25, 0.3) is 54.6 Å². The molecule has 0 atom stereocenters. The first-order valence-corrected chi connectivity index (χ1v) is 10.8. The Morgan fingerprint density at radius 1 is 0.387 bits per heavy atom. The van der Waals surface area contributed by atoms with Crippen molar-refractivity contribution in [2.24, 2.45) is 0 Å². The molecule has 0 spiro atoms. The van der Waals surface area contributed by atoms with E-state index in [1.807, 2.05) is 12.1 Å². The predicted octanol–water partition coefficient (Wildman–Crippen LogP) is 9.13. The summed E-state index contributed by atoms with van der Waals surface area (Å²) in [6.07, 6.45) is 0. The number of hydrogen-bond acceptors (Lipinski definition) is 0. The van der Waals surface area contributed by atoms with Crippen molar-refractivity contribution in [2.75, 3.05) is 0 Å². The molecular weight excluding hydrogens is 396 g/mol. The van der Waals surface area contributed by atoms with Crippen LogP contribution >= 0.6 is 11.6 Å². The molecule has 0 nitrogen and oxygen atoms in total. The third kappa shape index (κ3) is 3.17. The van der Waals surface area contributed by atoms with Gasteiger partial charge in [-0.15, -0.1) is 0 Å². The van der Waals surface area contributed by atoms with Crippen molar-refractivity contribution in [3.63, 3.8) is 0 Å². The van der Waals surface area contributed by atoms with Crippen LogP contribution in [0.3, 0.4) is 0 Å². The molecule has 6 aromatic rings. The molecule has 0 saturated heterocycles. The van der Waals surface area contributed by atoms with E-state index in [9.17, 15) is 0 Å². The van der Waals surface area contributed by atoms with Gasteiger partial charge in [-0.3, -0.25) is 0 Å². The van der Waals surface area contributed by atoms with Crippen molar-refractivity contribution in [3.05, 3.63) is 120 Å². The monoisotopic (exact) mass is 414 g/mol. The lowest BCUT2D eigenvalue weighted by molar-refractivity contribution is 1.64. The molecule has 0 aliphatic heterocycles. The molecule has 146 valence electrons. The molecule has 31 heavy (non-hydrogen) atoms. The molecule has 0 unspecified atom stereocenters. The maximum Gasteiger partial charge on any atom is 0.0406 e. The van der Waals surface area contributed by atoms with Gasteiger partial charge in [0.15, 0.2) is 0 Å². The highest BCUT2D eigenvalue weighted by atomic mass is 35.5. The lowest BCUT2D eigenvalue weighted by Gasteiger charge is -2.13. The predicted molar refractivity (Wildman–Crippen MR) is 135 cm³/mol. The minimum atomic E-state index is 0.758. The molecule has 0 N–H and O–H groups in total. The molecule has 0 heterocycles. The fourth-order valence-electron chi connectivity index (χ4n) is 4.53. The summed E-state index contributed by atoms with van der Waals surface area (Å²) in [7, 11) is 0. The second-order valence-corrected chi connectivity index (χ2v) is 8.41. The molecule has 1 heteroatoms. The van der Waals surface area contributed by atoms with Crippen LogP contribution in [0.5, 0.6) is 0 Å². The summed E-state index contributed by atoms with van der Waals surface area (Å²) in [6, 6.07) is 41.1. The number of benzene rings is 6. The Bertz CT molecular complexity index is 1580. The first kappa shape index (κ1) is 18.2. The first-order chi connectivity index (χ1) is 15.3. The Labute approximate surface area is 186 Å². The zero-order chi connectivity index (χ0) is 20.8. The lowest BCUT2D eigenvalue weighted by atomic mass is 9.91. The molecule has 6 aromatic carbocycles. The van der Waals surface area contributed by atoms with E-state index in [2.05, 4.69) is 103 Å². The smallest absolute Gasteiger partial charge is 0.0406 e. The molecule has 0 aromatic heterocycles. The summed E-state index contributed by atoms with van der Waals surface area (Å²) in [5.74, 6) is 0. The zero-order valence-corrected chi connectivity index (χ0v) is 17.6. The fourth-order valence-corrected chi connectivity index (χ4v) is 4.66. The van der Waals surface area contributed by atoms with E-state index < -0.39 is 0 Å². The molecule has 0 saturated carbocycles. The normalized spacial score (nSPS) is 11.4. The van der Waals surface area contributed by atoms with Crippen LogP contribution in [0.1, 0.15) is 0 Å². The Hall–Kier alpha value is -3.61. The van der Waals surface area contributed by atoms with Gasteiger partial charge in [-0.25, -0.2) is 0 Å². The van der Waals surface area contributed by atoms with Gasteiger partial charge in [0.25, 0.3) is 0 Å². The summed E-state index contributed by atoms with van der Waals surface area (Å²) < 4.78 is 0. The van der Waals surface area contributed by atoms with E-state index in [1.165, 1.54) is 54.6 Å². The third-order valence-electron chi connectivity index (χ3n) is 6.10. The van der Waals surface area contributed by atoms with Gasteiger partial charge in [0.05, 0.1) is 0 Å². The Kier molecular flexibility index (Phi) is 4.26. The van der Waals surface area contributed by atoms with Gasteiger partial charge in [0.2, 0.25) is 0 Å². The van der Waals surface area contributed by atoms with Crippen molar-refractivity contribution >= 4 is 43.9 Å². The topological polar surface area (TPSA) is 0 Å². The molecule has 0 fully saturated rings. The van der Waals surface area contributed by atoms with Gasteiger partial charge in [-0.05, 0) is 84.9 Å². The second-order valence-electron chi connectivity index (χ2n) is 7.97. The maximum absolute atomic E-state index is 6.09. The molecular formula is C30H19Cl. The number of halogens is 1. The molecule has 0 amide bonds. The van der Waals surface area contributed by atoms with Crippen LogP contribution in [0.2, 0.25) is 5.02 Å². The highest BCUT2D eigenvalue weighted by Gasteiger charge is 2.10. The largest absolute Gasteiger partial charge is 0.0843 e. The van der Waals surface area contributed by atoms with Crippen molar-refractivity contribution < 1.29 is 0 Å². The van der Waals surface area contributed by atoms with E-state index in [0.717, 1.165) is 5.02 Å². The molecule has 6 rings (SSSR count). The second kappa shape index (κ2) is 7.27. The van der Waals surface area contributed by atoms with Crippen LogP contribution in [0.15, 0.2) is 115 Å². The number of fused-ring (bicyclic) bond motifs is 4. The van der Waals surface area contributed by atoms with E-state index in [4.69, 9.17) is 11.6 Å². The summed E-state index contributed by atoms with van der Waals surface area (Å²) in [5.41, 5.74) is 4.88.